The van der Waals surface area contributed by atoms with E-state index in [-0.39, 0.29) is 23.1 Å². The van der Waals surface area contributed by atoms with Crippen molar-refractivity contribution in [3.8, 4) is 0 Å². The topological polar surface area (TPSA) is 105 Å². The van der Waals surface area contributed by atoms with Gasteiger partial charge in [-0.1, -0.05) is 30.3 Å². The molecule has 0 spiro atoms. The standard InChI is InChI=1S/C19H22N2O5S/c22-19(23)17-11-16(27(24,25)21-13-15-7-4-10-26-15)8-9-18(17)20-12-14-5-2-1-3-6-14/h1-3,5-6,8-9,11,15,20-21H,4,7,10,12-13H2,(H,22,23). The van der Waals surface area contributed by atoms with Crippen molar-refractivity contribution in [3.63, 3.8) is 0 Å². The second kappa shape index (κ2) is 8.51. The highest BCUT2D eigenvalue weighted by Crippen LogP contribution is 2.22. The van der Waals surface area contributed by atoms with Gasteiger partial charge in [0.25, 0.3) is 0 Å². The summed E-state index contributed by atoms with van der Waals surface area (Å²) in [6.07, 6.45) is 1.59. The molecule has 2 aromatic carbocycles. The van der Waals surface area contributed by atoms with Crippen LogP contribution in [-0.4, -0.2) is 38.7 Å². The third kappa shape index (κ3) is 5.06. The summed E-state index contributed by atoms with van der Waals surface area (Å²) in [5, 5.41) is 12.5. The van der Waals surface area contributed by atoms with Gasteiger partial charge >= 0.3 is 5.97 Å². The van der Waals surface area contributed by atoms with Crippen LogP contribution in [0.5, 0.6) is 0 Å². The number of sulfonamides is 1. The first kappa shape index (κ1) is 19.3. The highest BCUT2D eigenvalue weighted by molar-refractivity contribution is 7.89. The highest BCUT2D eigenvalue weighted by atomic mass is 32.2. The Kier molecular flexibility index (Phi) is 6.10. The molecule has 0 saturated carbocycles. The van der Waals surface area contributed by atoms with E-state index in [4.69, 9.17) is 4.74 Å². The van der Waals surface area contributed by atoms with Gasteiger partial charge in [0.05, 0.1) is 16.6 Å². The molecule has 27 heavy (non-hydrogen) atoms. The summed E-state index contributed by atoms with van der Waals surface area (Å²) in [5.74, 6) is -1.19. The van der Waals surface area contributed by atoms with Gasteiger partial charge in [-0.3, -0.25) is 0 Å². The first-order valence-electron chi connectivity index (χ1n) is 8.72. The number of hydrogen-bond acceptors (Lipinski definition) is 5. The maximum atomic E-state index is 12.5. The maximum absolute atomic E-state index is 12.5. The van der Waals surface area contributed by atoms with Crippen LogP contribution < -0.4 is 10.0 Å². The van der Waals surface area contributed by atoms with Crippen LogP contribution in [0.1, 0.15) is 28.8 Å². The first-order chi connectivity index (χ1) is 13.0. The Morgan fingerprint density at radius 3 is 2.63 bits per heavy atom. The molecule has 1 atom stereocenters. The molecule has 1 aliphatic rings. The van der Waals surface area contributed by atoms with Gasteiger partial charge in [-0.05, 0) is 36.6 Å². The molecule has 0 aliphatic carbocycles. The molecule has 1 heterocycles. The fourth-order valence-corrected chi connectivity index (χ4v) is 4.00. The fraction of sp³-hybridized carbons (Fsp3) is 0.316. The zero-order valence-corrected chi connectivity index (χ0v) is 15.5. The van der Waals surface area contributed by atoms with Crippen LogP contribution in [0.3, 0.4) is 0 Å². The van der Waals surface area contributed by atoms with Crippen molar-refractivity contribution in [2.24, 2.45) is 0 Å². The quantitative estimate of drug-likeness (QED) is 0.640. The number of ether oxygens (including phenoxy) is 1. The average Bonchev–Trinajstić information content (AvgIpc) is 3.19. The zero-order valence-electron chi connectivity index (χ0n) is 14.7. The van der Waals surface area contributed by atoms with Crippen molar-refractivity contribution in [1.29, 1.82) is 0 Å². The van der Waals surface area contributed by atoms with Gasteiger partial charge < -0.3 is 15.2 Å². The number of carbonyl (C=O) groups is 1. The summed E-state index contributed by atoms with van der Waals surface area (Å²) in [7, 11) is -3.81. The number of hydrogen-bond donors (Lipinski definition) is 3. The number of carboxylic acid groups (broad SMARTS) is 1. The molecule has 0 amide bonds. The number of rotatable bonds is 8. The molecule has 8 heteroatoms. The fourth-order valence-electron chi connectivity index (χ4n) is 2.91. The van der Waals surface area contributed by atoms with Crippen LogP contribution in [-0.2, 0) is 21.3 Å². The largest absolute Gasteiger partial charge is 0.478 e. The molecule has 0 aromatic heterocycles. The SMILES string of the molecule is O=C(O)c1cc(S(=O)(=O)NCC2CCCO2)ccc1NCc1ccccc1. The first-order valence-corrected chi connectivity index (χ1v) is 10.2. The van der Waals surface area contributed by atoms with E-state index in [0.717, 1.165) is 18.4 Å². The average molecular weight is 390 g/mol. The molecule has 3 rings (SSSR count). The Hall–Kier alpha value is -2.42. The van der Waals surface area contributed by atoms with Gasteiger partial charge in [0.15, 0.2) is 0 Å². The predicted molar refractivity (Wildman–Crippen MR) is 101 cm³/mol. The molecular formula is C19H22N2O5S. The second-order valence-corrected chi connectivity index (χ2v) is 8.11. The van der Waals surface area contributed by atoms with Gasteiger partial charge in [0.1, 0.15) is 0 Å². The third-order valence-corrected chi connectivity index (χ3v) is 5.80. The monoisotopic (exact) mass is 390 g/mol. The van der Waals surface area contributed by atoms with E-state index in [1.165, 1.54) is 18.2 Å². The molecule has 1 aliphatic heterocycles. The summed E-state index contributed by atoms with van der Waals surface area (Å²) in [6, 6.07) is 13.6. The summed E-state index contributed by atoms with van der Waals surface area (Å²) >= 11 is 0. The smallest absolute Gasteiger partial charge is 0.337 e. The molecule has 1 fully saturated rings. The molecule has 1 saturated heterocycles. The minimum Gasteiger partial charge on any atom is -0.478 e. The highest BCUT2D eigenvalue weighted by Gasteiger charge is 2.22. The van der Waals surface area contributed by atoms with E-state index in [2.05, 4.69) is 10.0 Å². The Bertz CT molecular complexity index is 894. The van der Waals surface area contributed by atoms with Crippen LogP contribution in [0.15, 0.2) is 53.4 Å². The summed E-state index contributed by atoms with van der Waals surface area (Å²) < 4.78 is 32.9. The Balaban J connectivity index is 1.74. The number of nitrogens with one attached hydrogen (secondary N) is 2. The van der Waals surface area contributed by atoms with Crippen molar-refractivity contribution in [3.05, 3.63) is 59.7 Å². The minimum absolute atomic E-state index is 0.0804. The van der Waals surface area contributed by atoms with Crippen LogP contribution in [0.2, 0.25) is 0 Å². The lowest BCUT2D eigenvalue weighted by molar-refractivity contribution is 0.0697. The van der Waals surface area contributed by atoms with E-state index < -0.39 is 16.0 Å². The van der Waals surface area contributed by atoms with Crippen LogP contribution in [0.4, 0.5) is 5.69 Å². The Labute approximate surface area is 158 Å². The number of aromatic carboxylic acids is 1. The van der Waals surface area contributed by atoms with E-state index in [0.29, 0.717) is 18.8 Å². The van der Waals surface area contributed by atoms with Gasteiger partial charge in [0, 0.05) is 25.4 Å². The number of carboxylic acids is 1. The van der Waals surface area contributed by atoms with E-state index in [9.17, 15) is 18.3 Å². The number of benzene rings is 2. The van der Waals surface area contributed by atoms with Crippen LogP contribution >= 0.6 is 0 Å². The van der Waals surface area contributed by atoms with E-state index in [1.54, 1.807) is 0 Å². The van der Waals surface area contributed by atoms with Gasteiger partial charge in [-0.2, -0.15) is 0 Å². The van der Waals surface area contributed by atoms with E-state index >= 15 is 0 Å². The summed E-state index contributed by atoms with van der Waals surface area (Å²) in [6.45, 7) is 1.25. The van der Waals surface area contributed by atoms with Crippen LogP contribution in [0, 0.1) is 0 Å². The summed E-state index contributed by atoms with van der Waals surface area (Å²) in [5.41, 5.74) is 1.26. The predicted octanol–water partition coefficient (Wildman–Crippen LogP) is 2.45. The third-order valence-electron chi connectivity index (χ3n) is 4.38. The molecule has 1 unspecified atom stereocenters. The lowest BCUT2D eigenvalue weighted by atomic mass is 10.1. The molecule has 0 radical (unpaired) electrons. The van der Waals surface area contributed by atoms with Crippen molar-refractivity contribution in [2.45, 2.75) is 30.4 Å². The lowest BCUT2D eigenvalue weighted by Crippen LogP contribution is -2.32. The molecule has 144 valence electrons. The molecule has 3 N–H and O–H groups in total. The van der Waals surface area contributed by atoms with Gasteiger partial charge in [-0.15, -0.1) is 0 Å². The molecule has 7 nitrogen and oxygen atoms in total. The van der Waals surface area contributed by atoms with Gasteiger partial charge in [-0.25, -0.2) is 17.9 Å². The Morgan fingerprint density at radius 1 is 1.19 bits per heavy atom. The molecule has 2 aromatic rings. The van der Waals surface area contributed by atoms with Crippen molar-refractivity contribution >= 4 is 21.7 Å². The zero-order chi connectivity index (χ0) is 19.3. The molecule has 0 bridgehead atoms. The van der Waals surface area contributed by atoms with Crippen LogP contribution in [0.25, 0.3) is 0 Å². The normalized spacial score (nSPS) is 17.0. The van der Waals surface area contributed by atoms with Crippen molar-refractivity contribution in [2.75, 3.05) is 18.5 Å². The van der Waals surface area contributed by atoms with Crippen molar-refractivity contribution < 1.29 is 23.1 Å². The lowest BCUT2D eigenvalue weighted by Gasteiger charge is -2.14. The Morgan fingerprint density at radius 2 is 1.96 bits per heavy atom. The maximum Gasteiger partial charge on any atom is 0.337 e. The second-order valence-electron chi connectivity index (χ2n) is 6.34. The molecular weight excluding hydrogens is 368 g/mol. The van der Waals surface area contributed by atoms with E-state index in [1.807, 2.05) is 30.3 Å². The minimum atomic E-state index is -3.81. The van der Waals surface area contributed by atoms with Gasteiger partial charge in [0.2, 0.25) is 10.0 Å². The van der Waals surface area contributed by atoms with Crippen molar-refractivity contribution in [1.82, 2.24) is 4.72 Å². The summed E-state index contributed by atoms with van der Waals surface area (Å²) in [4.78, 5) is 11.5. The number of anilines is 1.